The van der Waals surface area contributed by atoms with Crippen LogP contribution in [0.3, 0.4) is 0 Å². The minimum atomic E-state index is -0.885. The number of aromatic nitrogens is 8. The van der Waals surface area contributed by atoms with Gasteiger partial charge in [-0.25, -0.2) is 19.2 Å². The van der Waals surface area contributed by atoms with E-state index in [1.165, 1.54) is 14.2 Å². The molecular formula is C44H44FeN10O8+2. The molecule has 4 aromatic heterocycles. The Morgan fingerprint density at radius 2 is 1.02 bits per heavy atom. The van der Waals surface area contributed by atoms with E-state index in [1.54, 1.807) is 21.8 Å². The standard InChI is InChI=1S/2C22H22N5O4.Fe/c2*1-30-21(28)20(10-16-11-23-19-9-5-4-8-18(16)19)24-22(29)31-14-17-13-27(26-25-17)12-15-6-2-3-7-15;/h2*2-9,11,13,20,23H,10,12,14H2,1H3,(H,24,29);/q;;+2/t2*20-;/m00./s1. The van der Waals surface area contributed by atoms with Crippen molar-refractivity contribution in [2.75, 3.05) is 14.2 Å². The van der Waals surface area contributed by atoms with Crippen LogP contribution in [0, 0.1) is 63.2 Å². The molecule has 0 aliphatic heterocycles. The van der Waals surface area contributed by atoms with E-state index in [0.29, 0.717) is 24.5 Å². The summed E-state index contributed by atoms with van der Waals surface area (Å²) in [6.07, 6.45) is 21.9. The number of ether oxygens (including phenoxy) is 4. The molecule has 10 radical (unpaired) electrons. The smallest absolute Gasteiger partial charge is 0.467 e. The first kappa shape index (κ1) is 46.3. The Labute approximate surface area is 375 Å². The number of fused-ring (bicyclic) bond motifs is 2. The molecule has 0 bridgehead atoms. The van der Waals surface area contributed by atoms with Crippen LogP contribution in [0.5, 0.6) is 0 Å². The summed E-state index contributed by atoms with van der Waals surface area (Å²) >= 11 is 0. The number of amides is 2. The maximum Gasteiger partial charge on any atom is 2.00 e. The van der Waals surface area contributed by atoms with Crippen molar-refractivity contribution in [3.8, 4) is 0 Å². The van der Waals surface area contributed by atoms with Crippen LogP contribution in [0.4, 0.5) is 9.59 Å². The fourth-order valence-electron chi connectivity index (χ4n) is 6.74. The zero-order valence-corrected chi connectivity index (χ0v) is 35.4. The average Bonchev–Trinajstić information content (AvgIpc) is 4.16. The van der Waals surface area contributed by atoms with Crippen molar-refractivity contribution in [1.29, 1.82) is 0 Å². The molecule has 63 heavy (non-hydrogen) atoms. The second-order valence-corrected chi connectivity index (χ2v) is 14.1. The maximum atomic E-state index is 12.3. The van der Waals surface area contributed by atoms with Crippen molar-refractivity contribution in [2.24, 2.45) is 0 Å². The Morgan fingerprint density at radius 1 is 0.619 bits per heavy atom. The van der Waals surface area contributed by atoms with E-state index in [0.717, 1.165) is 44.8 Å². The second kappa shape index (κ2) is 22.8. The van der Waals surface area contributed by atoms with Gasteiger partial charge in [-0.15, -0.1) is 10.2 Å². The maximum absolute atomic E-state index is 12.3. The minimum absolute atomic E-state index is 0. The van der Waals surface area contributed by atoms with Crippen molar-refractivity contribution in [3.63, 3.8) is 0 Å². The Balaban J connectivity index is 0.000000206. The summed E-state index contributed by atoms with van der Waals surface area (Å²) in [6.45, 7) is 1.05. The number of nitrogens with one attached hydrogen (secondary N) is 4. The van der Waals surface area contributed by atoms with Crippen molar-refractivity contribution >= 4 is 45.9 Å². The quantitative estimate of drug-likeness (QED) is 0.0605. The number of H-pyrrole nitrogens is 2. The second-order valence-electron chi connectivity index (χ2n) is 14.1. The zero-order valence-electron chi connectivity index (χ0n) is 34.2. The van der Waals surface area contributed by atoms with Gasteiger partial charge in [-0.3, -0.25) is 9.36 Å². The topological polar surface area (TPSA) is 222 Å². The molecule has 0 unspecified atom stereocenters. The van der Waals surface area contributed by atoms with Crippen LogP contribution in [0.1, 0.15) is 22.5 Å². The fourth-order valence-corrected chi connectivity index (χ4v) is 6.74. The first-order chi connectivity index (χ1) is 30.2. The largest absolute Gasteiger partial charge is 2.00 e. The van der Waals surface area contributed by atoms with Gasteiger partial charge in [-0.05, 0) is 74.6 Å². The number of aromatic amines is 2. The van der Waals surface area contributed by atoms with E-state index in [1.807, 2.05) is 112 Å². The fraction of sp³-hybridized carbons (Fsp3) is 0.227. The van der Waals surface area contributed by atoms with E-state index in [2.05, 4.69) is 41.2 Å². The minimum Gasteiger partial charge on any atom is -0.467 e. The molecule has 2 amide bonds. The molecule has 4 heterocycles. The van der Waals surface area contributed by atoms with E-state index >= 15 is 0 Å². The van der Waals surface area contributed by atoms with Gasteiger partial charge in [0.1, 0.15) is 36.7 Å². The molecule has 2 aromatic carbocycles. The molecule has 2 saturated carbocycles. The number of alkyl carbamates (subject to hydrolysis) is 2. The molecule has 2 aliphatic carbocycles. The Kier molecular flexibility index (Phi) is 16.7. The van der Waals surface area contributed by atoms with E-state index < -0.39 is 36.2 Å². The summed E-state index contributed by atoms with van der Waals surface area (Å²) in [5.74, 6) is 1.10. The van der Waals surface area contributed by atoms with Crippen LogP contribution in [0.2, 0.25) is 0 Å². The van der Waals surface area contributed by atoms with Gasteiger partial charge < -0.3 is 39.5 Å². The van der Waals surface area contributed by atoms with Gasteiger partial charge in [0.2, 0.25) is 0 Å². The van der Waals surface area contributed by atoms with Gasteiger partial charge in [0, 0.05) is 72.0 Å². The van der Waals surface area contributed by atoms with Crippen LogP contribution in [-0.2, 0) is 84.8 Å². The van der Waals surface area contributed by atoms with E-state index in [4.69, 9.17) is 18.9 Å². The number of nitrogens with zero attached hydrogens (tertiary/aromatic N) is 6. The van der Waals surface area contributed by atoms with Crippen molar-refractivity contribution < 1.29 is 55.2 Å². The Morgan fingerprint density at radius 3 is 1.41 bits per heavy atom. The van der Waals surface area contributed by atoms with Gasteiger partial charge in [0.15, 0.2) is 0 Å². The molecule has 0 saturated heterocycles. The predicted octanol–water partition coefficient (Wildman–Crippen LogP) is 4.35. The van der Waals surface area contributed by atoms with Crippen molar-refractivity contribution in [3.05, 3.63) is 159 Å². The number of methoxy groups -OCH3 is 2. The summed E-state index contributed by atoms with van der Waals surface area (Å²) < 4.78 is 23.5. The van der Waals surface area contributed by atoms with Gasteiger partial charge in [0.05, 0.1) is 26.6 Å². The number of rotatable bonds is 16. The zero-order chi connectivity index (χ0) is 43.3. The first-order valence-electron chi connectivity index (χ1n) is 19.6. The number of para-hydroxylation sites is 2. The first-order valence-corrected chi connectivity index (χ1v) is 19.6. The van der Waals surface area contributed by atoms with Crippen LogP contribution in [-0.4, -0.2) is 90.4 Å². The normalized spacial score (nSPS) is 14.9. The summed E-state index contributed by atoms with van der Waals surface area (Å²) in [4.78, 5) is 55.3. The van der Waals surface area contributed by atoms with Crippen LogP contribution in [0.25, 0.3) is 21.8 Å². The van der Waals surface area contributed by atoms with Gasteiger partial charge in [-0.1, -0.05) is 46.8 Å². The number of hydrogen-bond acceptors (Lipinski definition) is 12. The summed E-state index contributed by atoms with van der Waals surface area (Å²) in [7, 11) is 2.56. The summed E-state index contributed by atoms with van der Waals surface area (Å²) in [5.41, 5.74) is 4.70. The van der Waals surface area contributed by atoms with Crippen LogP contribution in [0.15, 0.2) is 73.3 Å². The number of esters is 2. The Hall–Kier alpha value is -6.20. The SMILES string of the molecule is COC(=O)[C@H](Cc1c[nH]c2ccccc12)NC(=O)OCc1cn(C[C]2[CH][CH][CH][CH]2)nn1.COC(=O)[C@H](Cc1c[nH]c2ccccc12)NC(=O)OCc1cn(C[C]2[CH][CH][CH][CH]2)nn1.[Fe+2]. The Bertz CT molecular complexity index is 2250. The van der Waals surface area contributed by atoms with Crippen molar-refractivity contribution in [1.82, 2.24) is 50.6 Å². The van der Waals surface area contributed by atoms with Gasteiger partial charge in [-0.2, -0.15) is 0 Å². The number of carbonyl (C=O) groups is 4. The third kappa shape index (κ3) is 12.9. The average molecular weight is 897 g/mol. The summed E-state index contributed by atoms with van der Waals surface area (Å²) in [6, 6.07) is 13.7. The van der Waals surface area contributed by atoms with E-state index in [9.17, 15) is 19.2 Å². The molecule has 2 atom stereocenters. The molecule has 0 spiro atoms. The molecular weight excluding hydrogens is 852 g/mol. The molecule has 324 valence electrons. The van der Waals surface area contributed by atoms with Crippen molar-refractivity contribution in [2.45, 2.75) is 51.2 Å². The van der Waals surface area contributed by atoms with Gasteiger partial charge in [0.25, 0.3) is 0 Å². The predicted molar refractivity (Wildman–Crippen MR) is 223 cm³/mol. The van der Waals surface area contributed by atoms with Crippen LogP contribution >= 0.6 is 0 Å². The number of carbonyl (C=O) groups excluding carboxylic acids is 4. The van der Waals surface area contributed by atoms with Crippen LogP contribution < -0.4 is 10.6 Å². The molecule has 18 nitrogen and oxygen atoms in total. The molecule has 8 rings (SSSR count). The monoisotopic (exact) mass is 896 g/mol. The molecule has 6 aromatic rings. The number of hydrogen-bond donors (Lipinski definition) is 4. The number of benzene rings is 2. The molecule has 19 heteroatoms. The van der Waals surface area contributed by atoms with E-state index in [-0.39, 0.29) is 43.1 Å². The summed E-state index contributed by atoms with van der Waals surface area (Å²) in [5, 5.41) is 23.2. The molecule has 4 N–H and O–H groups in total. The third-order valence-electron chi connectivity index (χ3n) is 9.78. The molecule has 2 aliphatic rings. The third-order valence-corrected chi connectivity index (χ3v) is 9.78. The molecule has 2 fully saturated rings. The van der Waals surface area contributed by atoms with Gasteiger partial charge >= 0.3 is 41.2 Å².